The molecule has 0 saturated carbocycles. The van der Waals surface area contributed by atoms with Crippen molar-refractivity contribution in [3.8, 4) is 34.1 Å². The largest absolute Gasteiger partial charge is 0.496 e. The molecule has 3 aromatic carbocycles. The summed E-state index contributed by atoms with van der Waals surface area (Å²) in [6.45, 7) is 2.58. The number of imidazole rings is 1. The number of hydrogen-bond donors (Lipinski definition) is 1. The average molecular weight is 405 g/mol. The number of nitrogens with zero attached hydrogens (tertiary/aromatic N) is 1. The van der Waals surface area contributed by atoms with Gasteiger partial charge in [0.15, 0.2) is 0 Å². The van der Waals surface area contributed by atoms with Crippen LogP contribution in [0.4, 0.5) is 0 Å². The fourth-order valence-corrected chi connectivity index (χ4v) is 3.17. The smallest absolute Gasteiger partial charge is 0.138 e. The Labute approximate surface area is 175 Å². The third-order valence-corrected chi connectivity index (χ3v) is 4.92. The second-order valence-electron chi connectivity index (χ2n) is 6.78. The lowest BCUT2D eigenvalue weighted by Crippen LogP contribution is -1.96. The maximum absolute atomic E-state index is 5.97. The van der Waals surface area contributed by atoms with Crippen LogP contribution in [0.3, 0.4) is 0 Å². The first kappa shape index (κ1) is 19.1. The summed E-state index contributed by atoms with van der Waals surface area (Å²) in [5.74, 6) is 2.23. The van der Waals surface area contributed by atoms with Crippen molar-refractivity contribution in [3.05, 3.63) is 89.1 Å². The first-order valence-electron chi connectivity index (χ1n) is 9.30. The Kier molecular flexibility index (Phi) is 5.54. The van der Waals surface area contributed by atoms with Gasteiger partial charge in [0.25, 0.3) is 0 Å². The van der Waals surface area contributed by atoms with Gasteiger partial charge in [0.2, 0.25) is 0 Å². The third kappa shape index (κ3) is 4.44. The van der Waals surface area contributed by atoms with Crippen molar-refractivity contribution in [1.29, 1.82) is 0 Å². The summed E-state index contributed by atoms with van der Waals surface area (Å²) in [6.07, 6.45) is 1.87. The highest BCUT2D eigenvalue weighted by Gasteiger charge is 2.12. The second kappa shape index (κ2) is 8.41. The van der Waals surface area contributed by atoms with Gasteiger partial charge in [-0.05, 0) is 48.9 Å². The summed E-state index contributed by atoms with van der Waals surface area (Å²) < 4.78 is 11.5. The van der Waals surface area contributed by atoms with Crippen LogP contribution in [0.5, 0.6) is 11.5 Å². The van der Waals surface area contributed by atoms with Crippen molar-refractivity contribution >= 4 is 11.6 Å². The predicted molar refractivity (Wildman–Crippen MR) is 117 cm³/mol. The van der Waals surface area contributed by atoms with Gasteiger partial charge in [0.05, 0.1) is 12.8 Å². The van der Waals surface area contributed by atoms with Crippen molar-refractivity contribution in [2.45, 2.75) is 13.5 Å². The molecule has 1 aromatic heterocycles. The minimum atomic E-state index is 0.506. The number of hydrogen-bond acceptors (Lipinski definition) is 3. The van der Waals surface area contributed by atoms with Crippen LogP contribution in [0.2, 0.25) is 5.02 Å². The van der Waals surface area contributed by atoms with Gasteiger partial charge in [-0.3, -0.25) is 0 Å². The Morgan fingerprint density at radius 1 is 0.966 bits per heavy atom. The van der Waals surface area contributed by atoms with Crippen LogP contribution in [0, 0.1) is 6.92 Å². The lowest BCUT2D eigenvalue weighted by molar-refractivity contribution is 0.304. The van der Waals surface area contributed by atoms with E-state index in [9.17, 15) is 0 Å². The van der Waals surface area contributed by atoms with Gasteiger partial charge in [-0.1, -0.05) is 41.4 Å². The Morgan fingerprint density at radius 3 is 2.45 bits per heavy atom. The first-order valence-corrected chi connectivity index (χ1v) is 9.68. The zero-order chi connectivity index (χ0) is 20.2. The number of ether oxygens (including phenoxy) is 2. The van der Waals surface area contributed by atoms with Crippen LogP contribution in [-0.2, 0) is 6.61 Å². The molecule has 0 unspecified atom stereocenters. The van der Waals surface area contributed by atoms with Gasteiger partial charge in [0.1, 0.15) is 23.9 Å². The lowest BCUT2D eigenvalue weighted by atomic mass is 10.1. The van der Waals surface area contributed by atoms with Crippen LogP contribution in [0.15, 0.2) is 72.9 Å². The molecule has 0 aliphatic carbocycles. The Balaban J connectivity index is 1.54. The van der Waals surface area contributed by atoms with Crippen LogP contribution in [0.1, 0.15) is 11.1 Å². The lowest BCUT2D eigenvalue weighted by Gasteiger charge is -2.11. The van der Waals surface area contributed by atoms with Crippen molar-refractivity contribution in [3.63, 3.8) is 0 Å². The SMILES string of the molecule is COc1cc(OCc2ccc(C)cc2)ccc1-c1c[nH]c(-c2ccc(Cl)cc2)n1. The van der Waals surface area contributed by atoms with Gasteiger partial charge in [-0.15, -0.1) is 0 Å². The van der Waals surface area contributed by atoms with Crippen molar-refractivity contribution in [2.75, 3.05) is 7.11 Å². The highest BCUT2D eigenvalue weighted by molar-refractivity contribution is 6.30. The molecule has 0 spiro atoms. The summed E-state index contributed by atoms with van der Waals surface area (Å²) >= 11 is 5.97. The van der Waals surface area contributed by atoms with Crippen LogP contribution in [0.25, 0.3) is 22.6 Å². The molecule has 0 saturated heterocycles. The van der Waals surface area contributed by atoms with E-state index < -0.39 is 0 Å². The van der Waals surface area contributed by atoms with E-state index in [0.29, 0.717) is 17.4 Å². The minimum Gasteiger partial charge on any atom is -0.496 e. The Morgan fingerprint density at radius 2 is 1.72 bits per heavy atom. The predicted octanol–water partition coefficient (Wildman–Crippen LogP) is 6.29. The Bertz CT molecular complexity index is 1100. The zero-order valence-electron chi connectivity index (χ0n) is 16.3. The van der Waals surface area contributed by atoms with E-state index >= 15 is 0 Å². The summed E-state index contributed by atoms with van der Waals surface area (Å²) in [4.78, 5) is 7.92. The molecule has 1 N–H and O–H groups in total. The number of benzene rings is 3. The number of rotatable bonds is 6. The monoisotopic (exact) mass is 404 g/mol. The standard InChI is InChI=1S/C24H21ClN2O2/c1-16-3-5-17(6-4-16)15-29-20-11-12-21(23(13-20)28-2)22-14-26-24(27-22)18-7-9-19(25)10-8-18/h3-14H,15H2,1-2H3,(H,26,27). The van der Waals surface area contributed by atoms with Gasteiger partial charge in [-0.25, -0.2) is 4.98 Å². The molecule has 0 aliphatic rings. The molecule has 1 heterocycles. The highest BCUT2D eigenvalue weighted by atomic mass is 35.5. The third-order valence-electron chi connectivity index (χ3n) is 4.67. The molecular formula is C24H21ClN2O2. The molecule has 0 bridgehead atoms. The topological polar surface area (TPSA) is 47.1 Å². The first-order chi connectivity index (χ1) is 14.1. The number of aromatic nitrogens is 2. The number of H-pyrrole nitrogens is 1. The molecule has 4 nitrogen and oxygen atoms in total. The molecule has 0 fully saturated rings. The van der Waals surface area contributed by atoms with Crippen LogP contribution >= 0.6 is 11.6 Å². The number of aromatic amines is 1. The van der Waals surface area contributed by atoms with Crippen molar-refractivity contribution < 1.29 is 9.47 Å². The maximum Gasteiger partial charge on any atom is 0.138 e. The molecule has 0 amide bonds. The summed E-state index contributed by atoms with van der Waals surface area (Å²) in [5.41, 5.74) is 5.02. The number of aryl methyl sites for hydroxylation is 1. The second-order valence-corrected chi connectivity index (χ2v) is 7.21. The number of nitrogens with one attached hydrogen (secondary N) is 1. The van der Waals surface area contributed by atoms with Crippen LogP contribution < -0.4 is 9.47 Å². The van der Waals surface area contributed by atoms with Gasteiger partial charge in [0, 0.05) is 28.4 Å². The number of methoxy groups -OCH3 is 1. The molecule has 4 aromatic rings. The normalized spacial score (nSPS) is 10.7. The summed E-state index contributed by atoms with van der Waals surface area (Å²) in [7, 11) is 1.65. The van der Waals surface area contributed by atoms with E-state index in [1.807, 2.05) is 48.7 Å². The van der Waals surface area contributed by atoms with E-state index in [1.165, 1.54) is 5.56 Å². The molecular weight excluding hydrogens is 384 g/mol. The molecule has 0 aliphatic heterocycles. The van der Waals surface area contributed by atoms with Crippen LogP contribution in [-0.4, -0.2) is 17.1 Å². The van der Waals surface area contributed by atoms with Crippen molar-refractivity contribution in [2.24, 2.45) is 0 Å². The van der Waals surface area contributed by atoms with Crippen molar-refractivity contribution in [1.82, 2.24) is 9.97 Å². The van der Waals surface area contributed by atoms with E-state index in [2.05, 4.69) is 36.2 Å². The fraction of sp³-hybridized carbons (Fsp3) is 0.125. The summed E-state index contributed by atoms with van der Waals surface area (Å²) in [6, 6.07) is 21.7. The van der Waals surface area contributed by atoms with E-state index in [1.54, 1.807) is 7.11 Å². The minimum absolute atomic E-state index is 0.506. The van der Waals surface area contributed by atoms with Gasteiger partial charge >= 0.3 is 0 Å². The number of halogens is 1. The van der Waals surface area contributed by atoms with Gasteiger partial charge < -0.3 is 14.5 Å². The molecule has 29 heavy (non-hydrogen) atoms. The van der Waals surface area contributed by atoms with E-state index in [0.717, 1.165) is 34.0 Å². The highest BCUT2D eigenvalue weighted by Crippen LogP contribution is 2.33. The average Bonchev–Trinajstić information content (AvgIpc) is 3.23. The molecule has 0 atom stereocenters. The Hall–Kier alpha value is -3.24. The van der Waals surface area contributed by atoms with E-state index in [-0.39, 0.29) is 0 Å². The quantitative estimate of drug-likeness (QED) is 0.410. The zero-order valence-corrected chi connectivity index (χ0v) is 17.0. The van der Waals surface area contributed by atoms with E-state index in [4.69, 9.17) is 26.1 Å². The molecule has 146 valence electrons. The molecule has 4 rings (SSSR count). The summed E-state index contributed by atoms with van der Waals surface area (Å²) in [5, 5.41) is 0.698. The maximum atomic E-state index is 5.97. The molecule has 0 radical (unpaired) electrons. The fourth-order valence-electron chi connectivity index (χ4n) is 3.04. The molecule has 5 heteroatoms. The van der Waals surface area contributed by atoms with Gasteiger partial charge in [-0.2, -0.15) is 0 Å².